The fourth-order valence-corrected chi connectivity index (χ4v) is 12.4. The van der Waals surface area contributed by atoms with E-state index in [9.17, 15) is 19.5 Å². The molecule has 0 bridgehead atoms. The zero-order chi connectivity index (χ0) is 50.6. The predicted molar refractivity (Wildman–Crippen MR) is 276 cm³/mol. The molecule has 0 spiro atoms. The number of carbonyl (C=O) groups is 4. The van der Waals surface area contributed by atoms with E-state index in [1.165, 1.54) is 0 Å². The summed E-state index contributed by atoms with van der Waals surface area (Å²) in [7, 11) is 0. The molecule has 6 aliphatic heterocycles. The normalized spacial score (nSPS) is 23.4. The molecule has 6 atom stereocenters. The highest BCUT2D eigenvalue weighted by Gasteiger charge is 2.70. The van der Waals surface area contributed by atoms with Gasteiger partial charge in [-0.15, -0.1) is 0 Å². The summed E-state index contributed by atoms with van der Waals surface area (Å²) in [5, 5.41) is 10.4. The average Bonchev–Trinajstić information content (AvgIpc) is 4.29. The van der Waals surface area contributed by atoms with Gasteiger partial charge in [0.15, 0.2) is 24.5 Å². The number of benzene rings is 2. The third-order valence-corrected chi connectivity index (χ3v) is 16.0. The summed E-state index contributed by atoms with van der Waals surface area (Å²) in [5.41, 5.74) is 16.2. The van der Waals surface area contributed by atoms with E-state index in [-0.39, 0.29) is 52.2 Å². The van der Waals surface area contributed by atoms with Crippen molar-refractivity contribution >= 4 is 23.8 Å². The molecule has 2 aromatic heterocycles. The molecule has 4 aromatic rings. The molecule has 8 heterocycles. The van der Waals surface area contributed by atoms with Crippen LogP contribution in [-0.4, -0.2) is 89.4 Å². The summed E-state index contributed by atoms with van der Waals surface area (Å²) in [6, 6.07) is 14.5. The van der Waals surface area contributed by atoms with Gasteiger partial charge in [0, 0.05) is 59.4 Å². The quantitative estimate of drug-likeness (QED) is 0.0445. The molecule has 4 unspecified atom stereocenters. The van der Waals surface area contributed by atoms with Crippen molar-refractivity contribution in [3.8, 4) is 22.3 Å². The Morgan fingerprint density at radius 1 is 0.667 bits per heavy atom. The van der Waals surface area contributed by atoms with Crippen molar-refractivity contribution in [1.29, 1.82) is 0 Å². The molecular weight excluding hydrogens is 901 g/mol. The maximum Gasteiger partial charge on any atom is 0.342 e. The van der Waals surface area contributed by atoms with Gasteiger partial charge in [0.25, 0.3) is 0 Å². The third kappa shape index (κ3) is 8.47. The summed E-state index contributed by atoms with van der Waals surface area (Å²) in [4.78, 5) is 70.5. The molecule has 1 N–H and O–H groups in total. The lowest BCUT2D eigenvalue weighted by Crippen LogP contribution is -2.53. The van der Waals surface area contributed by atoms with Crippen LogP contribution in [-0.2, 0) is 23.9 Å². The largest absolute Gasteiger partial charge is 0.481 e. The molecular formula is C60H66N6O6+2. The highest BCUT2D eigenvalue weighted by molar-refractivity contribution is 5.84. The summed E-state index contributed by atoms with van der Waals surface area (Å²) in [6.07, 6.45) is 23.5. The molecule has 12 nitrogen and oxygen atoms in total. The molecule has 2 amide bonds. The Bertz CT molecular complexity index is 3080. The lowest BCUT2D eigenvalue weighted by Gasteiger charge is -2.38. The zero-order valence-corrected chi connectivity index (χ0v) is 42.7. The Kier molecular flexibility index (Phi) is 13.0. The number of fused-ring (bicyclic) bond motifs is 4. The van der Waals surface area contributed by atoms with Crippen molar-refractivity contribution in [1.82, 2.24) is 19.8 Å². The van der Waals surface area contributed by atoms with Crippen LogP contribution in [0.15, 0.2) is 144 Å². The maximum absolute atomic E-state index is 15.1. The number of aliphatic carboxylic acids is 1. The zero-order valence-electron chi connectivity index (χ0n) is 42.7. The van der Waals surface area contributed by atoms with E-state index < -0.39 is 24.1 Å². The summed E-state index contributed by atoms with van der Waals surface area (Å²) in [6.45, 7) is 15.7. The number of hydrogen-bond acceptors (Lipinski definition) is 9. The number of carboxylic acid groups (broad SMARTS) is 1. The van der Waals surface area contributed by atoms with Crippen molar-refractivity contribution in [2.45, 2.75) is 124 Å². The van der Waals surface area contributed by atoms with Crippen LogP contribution in [0.1, 0.15) is 118 Å². The number of unbranched alkanes of at least 4 members (excludes halogenated alkanes) is 2. The lowest BCUT2D eigenvalue weighted by atomic mass is 9.93. The highest BCUT2D eigenvalue weighted by Crippen LogP contribution is 2.57. The van der Waals surface area contributed by atoms with E-state index in [1.807, 2.05) is 62.2 Å². The maximum atomic E-state index is 15.1. The summed E-state index contributed by atoms with van der Waals surface area (Å²) >= 11 is 0. The number of carboxylic acids is 1. The van der Waals surface area contributed by atoms with E-state index >= 15 is 4.79 Å². The molecule has 10 rings (SSSR count). The number of quaternary nitrogens is 2. The van der Waals surface area contributed by atoms with Crippen molar-refractivity contribution in [3.63, 3.8) is 0 Å². The van der Waals surface area contributed by atoms with Gasteiger partial charge in [-0.05, 0) is 148 Å². The fraction of sp³-hybridized carbons (Fsp3) is 0.367. The number of nitrogens with zero attached hydrogens (tertiary/aromatic N) is 6. The number of esters is 1. The second-order valence-corrected chi connectivity index (χ2v) is 20.9. The monoisotopic (exact) mass is 967 g/mol. The van der Waals surface area contributed by atoms with Crippen LogP contribution in [0.3, 0.4) is 0 Å². The Labute approximate surface area is 423 Å². The van der Waals surface area contributed by atoms with Crippen LogP contribution in [0.5, 0.6) is 0 Å². The molecule has 72 heavy (non-hydrogen) atoms. The first-order valence-electron chi connectivity index (χ1n) is 25.7. The minimum atomic E-state index is -0.966. The van der Waals surface area contributed by atoms with Gasteiger partial charge in [-0.3, -0.25) is 19.6 Å². The number of aryl methyl sites for hydroxylation is 4. The van der Waals surface area contributed by atoms with Crippen LogP contribution in [0, 0.1) is 27.7 Å². The van der Waals surface area contributed by atoms with Gasteiger partial charge in [0.2, 0.25) is 0 Å². The number of aromatic nitrogens is 2. The fourth-order valence-electron chi connectivity index (χ4n) is 12.4. The van der Waals surface area contributed by atoms with Crippen LogP contribution in [0.25, 0.3) is 22.3 Å². The van der Waals surface area contributed by atoms with Crippen molar-refractivity contribution in [2.75, 3.05) is 19.7 Å². The van der Waals surface area contributed by atoms with Gasteiger partial charge in [-0.25, -0.2) is 18.6 Å². The van der Waals surface area contributed by atoms with Gasteiger partial charge < -0.3 is 19.6 Å². The van der Waals surface area contributed by atoms with Gasteiger partial charge in [-0.2, -0.15) is 0 Å². The van der Waals surface area contributed by atoms with E-state index in [1.54, 1.807) is 6.20 Å². The first-order valence-corrected chi connectivity index (χ1v) is 25.7. The number of carbonyl (C=O) groups excluding carboxylic acids is 3. The topological polar surface area (TPSA) is 130 Å². The van der Waals surface area contributed by atoms with Crippen molar-refractivity contribution in [3.05, 3.63) is 177 Å². The molecule has 0 aliphatic carbocycles. The second-order valence-electron chi connectivity index (χ2n) is 20.9. The van der Waals surface area contributed by atoms with E-state index in [0.29, 0.717) is 45.2 Å². The molecule has 12 heteroatoms. The Morgan fingerprint density at radius 3 is 1.61 bits per heavy atom. The SMILES string of the molecule is CCCC1C(=O)[N+]2([C@@H](CC(=O)OCCCCCC3C(=O)[N+]4([C@@H](CC(=O)O)c5cncc(-c6c(C)cccc6C)c5)CC4=C4C=C(C)C=CN43)c3cncc(-c4c(C)cccc4C)c3)CC2=C2C=C(C)C=CN21. The number of ether oxygens (including phenoxy) is 1. The predicted octanol–water partition coefficient (Wildman–Crippen LogP) is 11.0. The molecule has 2 fully saturated rings. The standard InChI is InChI=1S/C60H65N6O6/c1-8-14-47-59(70)66(36-54(66)49-25-37(2)20-22-63(47)49)52(44-28-46(34-62-32-44)58-41(6)17-13-18-42(58)7)30-56(69)72-24-11-9-10-19-48-60(71)65(35-53(65)50-26-38(3)21-23-64(48)50)51(29-55(67)68)43-27-45(33-61-31-43)57-39(4)15-12-16-40(57)5/h12-13,15-18,20-23,25-28,31-34,47-48,51-52H,8-11,14,19,24,29-30,35-36H2,1-7H3/q+1/p+1/t47?,48?,51-,52-,65?,66?/m0/s1. The summed E-state index contributed by atoms with van der Waals surface area (Å²) in [5.74, 6) is -1.24. The number of hydrogen-bond donors (Lipinski definition) is 1. The second kappa shape index (κ2) is 19.2. The number of allylic oxidation sites excluding steroid dienone is 6. The molecule has 2 saturated heterocycles. The van der Waals surface area contributed by atoms with Crippen molar-refractivity contribution < 1.29 is 38.0 Å². The lowest BCUT2D eigenvalue weighted by molar-refractivity contribution is -0.740. The average molecular weight is 967 g/mol. The Balaban J connectivity index is 0.858. The van der Waals surface area contributed by atoms with Gasteiger partial charge in [0.1, 0.15) is 48.4 Å². The number of pyridine rings is 2. The molecule has 0 radical (unpaired) electrons. The smallest absolute Gasteiger partial charge is 0.342 e. The van der Waals surface area contributed by atoms with Crippen LogP contribution < -0.4 is 0 Å². The van der Waals surface area contributed by atoms with E-state index in [0.717, 1.165) is 96.0 Å². The number of rotatable bonds is 18. The Morgan fingerprint density at radius 2 is 1.14 bits per heavy atom. The first kappa shape index (κ1) is 48.6. The van der Waals surface area contributed by atoms with E-state index in [2.05, 4.69) is 105 Å². The van der Waals surface area contributed by atoms with Gasteiger partial charge in [0.05, 0.1) is 6.61 Å². The minimum Gasteiger partial charge on any atom is -0.481 e. The highest BCUT2D eigenvalue weighted by atomic mass is 16.5. The van der Waals surface area contributed by atoms with Crippen molar-refractivity contribution in [2.24, 2.45) is 0 Å². The molecule has 6 aliphatic rings. The van der Waals surface area contributed by atoms with Crippen LogP contribution in [0.2, 0.25) is 0 Å². The van der Waals surface area contributed by atoms with Crippen LogP contribution >= 0.6 is 0 Å². The van der Waals surface area contributed by atoms with Gasteiger partial charge >= 0.3 is 23.8 Å². The van der Waals surface area contributed by atoms with Crippen LogP contribution in [0.4, 0.5) is 0 Å². The third-order valence-electron chi connectivity index (χ3n) is 16.0. The molecule has 2 aromatic carbocycles. The minimum absolute atomic E-state index is 0.00735. The number of amides is 2. The molecule has 370 valence electrons. The first-order chi connectivity index (χ1) is 34.7. The molecule has 0 saturated carbocycles. The summed E-state index contributed by atoms with van der Waals surface area (Å²) < 4.78 is 6.13. The Hall–Kier alpha value is -7.02. The van der Waals surface area contributed by atoms with Gasteiger partial charge in [-0.1, -0.05) is 56.2 Å². The van der Waals surface area contributed by atoms with E-state index in [4.69, 9.17) is 9.72 Å².